The van der Waals surface area contributed by atoms with Crippen molar-refractivity contribution in [2.75, 3.05) is 10.8 Å². The van der Waals surface area contributed by atoms with Crippen LogP contribution in [0.25, 0.3) is 10.9 Å². The first kappa shape index (κ1) is 23.5. The minimum atomic E-state index is -4.11. The summed E-state index contributed by atoms with van der Waals surface area (Å²) >= 11 is 6.23. The predicted molar refractivity (Wildman–Crippen MR) is 131 cm³/mol. The minimum absolute atomic E-state index is 0.0193. The van der Waals surface area contributed by atoms with Gasteiger partial charge in [0, 0.05) is 17.5 Å². The number of fused-ring (bicyclic) bond motifs is 1. The predicted octanol–water partition coefficient (Wildman–Crippen LogP) is 5.35. The average Bonchev–Trinajstić information content (AvgIpc) is 3.08. The number of nitrogens with zero attached hydrogens (tertiary/aromatic N) is 4. The molecule has 0 aliphatic rings. The summed E-state index contributed by atoms with van der Waals surface area (Å²) in [6.45, 7) is 1.07. The van der Waals surface area contributed by atoms with Crippen LogP contribution in [0.2, 0.25) is 5.02 Å². The molecule has 174 valence electrons. The lowest BCUT2D eigenvalue weighted by Gasteiger charge is -2.25. The van der Waals surface area contributed by atoms with Crippen LogP contribution in [0.3, 0.4) is 0 Å². The SMILES string of the molecule is Cc1c(Cl)cccc1N(CC(=O)N=Nc1c(O)n(C)c2ccccc12)S(=O)(=O)c1ccccc1. The van der Waals surface area contributed by atoms with Gasteiger partial charge in [0.2, 0.25) is 5.88 Å². The number of sulfonamides is 1. The summed E-state index contributed by atoms with van der Waals surface area (Å²) in [4.78, 5) is 12.9. The van der Waals surface area contributed by atoms with Gasteiger partial charge in [-0.2, -0.15) is 0 Å². The van der Waals surface area contributed by atoms with E-state index in [2.05, 4.69) is 10.2 Å². The van der Waals surface area contributed by atoms with Gasteiger partial charge in [-0.25, -0.2) is 8.42 Å². The maximum Gasteiger partial charge on any atom is 0.285 e. The van der Waals surface area contributed by atoms with Crippen LogP contribution in [-0.2, 0) is 21.9 Å². The number of hydrogen-bond donors (Lipinski definition) is 1. The molecule has 3 aromatic carbocycles. The van der Waals surface area contributed by atoms with Crippen molar-refractivity contribution in [3.63, 3.8) is 0 Å². The van der Waals surface area contributed by atoms with Gasteiger partial charge in [-0.1, -0.05) is 54.1 Å². The molecule has 0 aliphatic heterocycles. The fourth-order valence-corrected chi connectivity index (χ4v) is 5.27. The summed E-state index contributed by atoms with van der Waals surface area (Å²) in [5.74, 6) is -0.969. The van der Waals surface area contributed by atoms with Gasteiger partial charge < -0.3 is 9.67 Å². The van der Waals surface area contributed by atoms with E-state index in [1.165, 1.54) is 16.7 Å². The number of hydrogen-bond acceptors (Lipinski definition) is 5. The van der Waals surface area contributed by atoms with Crippen molar-refractivity contribution in [2.45, 2.75) is 11.8 Å². The van der Waals surface area contributed by atoms with Gasteiger partial charge in [0.25, 0.3) is 15.9 Å². The Bertz CT molecular complexity index is 1520. The van der Waals surface area contributed by atoms with E-state index in [0.29, 0.717) is 21.5 Å². The smallest absolute Gasteiger partial charge is 0.285 e. The maximum absolute atomic E-state index is 13.5. The van der Waals surface area contributed by atoms with Crippen molar-refractivity contribution in [1.82, 2.24) is 4.57 Å². The summed E-state index contributed by atoms with van der Waals surface area (Å²) in [5, 5.41) is 19.1. The number of aryl methyl sites for hydroxylation is 1. The summed E-state index contributed by atoms with van der Waals surface area (Å²) in [6.07, 6.45) is 0. The Morgan fingerprint density at radius 1 is 1.03 bits per heavy atom. The number of aromatic nitrogens is 1. The number of azo groups is 1. The lowest BCUT2D eigenvalue weighted by molar-refractivity contribution is -0.116. The quantitative estimate of drug-likeness (QED) is 0.363. The molecule has 4 rings (SSSR count). The van der Waals surface area contributed by atoms with Crippen molar-refractivity contribution < 1.29 is 18.3 Å². The van der Waals surface area contributed by atoms with Crippen LogP contribution in [-0.4, -0.2) is 30.5 Å². The molecule has 4 aromatic rings. The molecular weight excluding hydrogens is 476 g/mol. The molecule has 0 aliphatic carbocycles. The lowest BCUT2D eigenvalue weighted by atomic mass is 10.2. The maximum atomic E-state index is 13.5. The van der Waals surface area contributed by atoms with Crippen molar-refractivity contribution in [1.29, 1.82) is 0 Å². The normalized spacial score (nSPS) is 11.9. The molecule has 0 spiro atoms. The Hall–Kier alpha value is -3.69. The highest BCUT2D eigenvalue weighted by molar-refractivity contribution is 7.92. The number of aromatic hydroxyl groups is 1. The zero-order valence-corrected chi connectivity index (χ0v) is 20.0. The highest BCUT2D eigenvalue weighted by Gasteiger charge is 2.29. The Balaban J connectivity index is 1.72. The molecule has 0 unspecified atom stereocenters. The number of carbonyl (C=O) groups excluding carboxylic acids is 1. The zero-order chi connectivity index (χ0) is 24.5. The molecule has 0 fully saturated rings. The highest BCUT2D eigenvalue weighted by Crippen LogP contribution is 2.38. The van der Waals surface area contributed by atoms with Crippen LogP contribution in [0.5, 0.6) is 5.88 Å². The van der Waals surface area contributed by atoms with E-state index in [9.17, 15) is 18.3 Å². The average molecular weight is 497 g/mol. The molecule has 0 radical (unpaired) electrons. The molecular formula is C24H21ClN4O4S. The van der Waals surface area contributed by atoms with E-state index in [4.69, 9.17) is 11.6 Å². The Morgan fingerprint density at radius 3 is 2.44 bits per heavy atom. The second-order valence-corrected chi connectivity index (χ2v) is 9.82. The number of benzene rings is 3. The first-order chi connectivity index (χ1) is 16.2. The molecule has 1 heterocycles. The molecule has 34 heavy (non-hydrogen) atoms. The van der Waals surface area contributed by atoms with Crippen molar-refractivity contribution in [2.24, 2.45) is 17.3 Å². The van der Waals surface area contributed by atoms with Gasteiger partial charge in [-0.3, -0.25) is 9.10 Å². The molecule has 0 saturated carbocycles. The van der Waals surface area contributed by atoms with Crippen LogP contribution in [0, 0.1) is 6.92 Å². The van der Waals surface area contributed by atoms with Gasteiger partial charge in [0.15, 0.2) is 5.69 Å². The Labute approximate surface area is 201 Å². The van der Waals surface area contributed by atoms with Crippen LogP contribution >= 0.6 is 11.6 Å². The van der Waals surface area contributed by atoms with Crippen molar-refractivity contribution in [3.05, 3.63) is 83.4 Å². The largest absolute Gasteiger partial charge is 0.493 e. The van der Waals surface area contributed by atoms with Crippen molar-refractivity contribution in [3.8, 4) is 5.88 Å². The number of halogens is 1. The van der Waals surface area contributed by atoms with Crippen LogP contribution in [0.15, 0.2) is 87.9 Å². The third kappa shape index (κ3) is 4.27. The number of amides is 1. The molecule has 0 atom stereocenters. The van der Waals surface area contributed by atoms with Gasteiger partial charge in [-0.05, 0) is 42.8 Å². The van der Waals surface area contributed by atoms with Gasteiger partial charge in [-0.15, -0.1) is 10.2 Å². The second kappa shape index (κ2) is 9.28. The molecule has 8 nitrogen and oxygen atoms in total. The minimum Gasteiger partial charge on any atom is -0.493 e. The number of para-hydroxylation sites is 1. The summed E-state index contributed by atoms with van der Waals surface area (Å²) in [5.41, 5.74) is 1.60. The van der Waals surface area contributed by atoms with Crippen LogP contribution < -0.4 is 4.31 Å². The Kier molecular flexibility index (Phi) is 6.41. The lowest BCUT2D eigenvalue weighted by Crippen LogP contribution is -2.35. The number of rotatable bonds is 6. The standard InChI is InChI=1S/C24H21ClN4O4S/c1-16-19(25)12-8-14-20(16)29(34(32,33)17-9-4-3-5-10-17)15-22(30)26-27-23-18-11-6-7-13-21(18)28(2)24(23)31/h3-14,31H,15H2,1-2H3. The first-order valence-electron chi connectivity index (χ1n) is 10.3. The molecule has 1 amide bonds. The summed E-state index contributed by atoms with van der Waals surface area (Å²) < 4.78 is 29.4. The molecule has 0 saturated heterocycles. The fraction of sp³-hybridized carbons (Fsp3) is 0.125. The van der Waals surface area contributed by atoms with E-state index in [1.807, 2.05) is 6.07 Å². The third-order valence-corrected chi connectivity index (χ3v) is 7.61. The fourth-order valence-electron chi connectivity index (χ4n) is 3.60. The van der Waals surface area contributed by atoms with Gasteiger partial charge in [0.1, 0.15) is 6.54 Å². The first-order valence-corrected chi connectivity index (χ1v) is 12.1. The second-order valence-electron chi connectivity index (χ2n) is 7.55. The number of anilines is 1. The summed E-state index contributed by atoms with van der Waals surface area (Å²) in [7, 11) is -2.45. The van der Waals surface area contributed by atoms with E-state index >= 15 is 0 Å². The zero-order valence-electron chi connectivity index (χ0n) is 18.4. The van der Waals surface area contributed by atoms with E-state index in [0.717, 1.165) is 4.31 Å². The summed E-state index contributed by atoms with van der Waals surface area (Å²) in [6, 6.07) is 19.7. The highest BCUT2D eigenvalue weighted by atomic mass is 35.5. The topological polar surface area (TPSA) is 104 Å². The number of carbonyl (C=O) groups is 1. The van der Waals surface area contributed by atoms with Crippen LogP contribution in [0.1, 0.15) is 5.56 Å². The Morgan fingerprint density at radius 2 is 1.71 bits per heavy atom. The monoisotopic (exact) mass is 496 g/mol. The van der Waals surface area contributed by atoms with E-state index < -0.39 is 22.5 Å². The van der Waals surface area contributed by atoms with E-state index in [1.54, 1.807) is 68.6 Å². The van der Waals surface area contributed by atoms with Gasteiger partial charge in [0.05, 0.1) is 16.1 Å². The van der Waals surface area contributed by atoms with Crippen molar-refractivity contribution >= 4 is 49.8 Å². The molecule has 1 N–H and O–H groups in total. The van der Waals surface area contributed by atoms with E-state index in [-0.39, 0.29) is 22.2 Å². The van der Waals surface area contributed by atoms with Crippen LogP contribution in [0.4, 0.5) is 11.4 Å². The molecule has 1 aromatic heterocycles. The third-order valence-electron chi connectivity index (χ3n) is 5.43. The molecule has 0 bridgehead atoms. The van der Waals surface area contributed by atoms with Gasteiger partial charge >= 0.3 is 0 Å². The molecule has 10 heteroatoms.